The van der Waals surface area contributed by atoms with Crippen LogP contribution in [0.4, 0.5) is 5.82 Å². The zero-order valence-electron chi connectivity index (χ0n) is 13.2. The second-order valence-corrected chi connectivity index (χ2v) is 6.04. The number of aromatic nitrogens is 4. The molecule has 0 saturated carbocycles. The molecule has 124 valence electrons. The second kappa shape index (κ2) is 6.18. The molecule has 0 aliphatic carbocycles. The van der Waals surface area contributed by atoms with Crippen LogP contribution in [-0.4, -0.2) is 50.2 Å². The molecule has 1 aromatic carbocycles. The number of rotatable bonds is 4. The topological polar surface area (TPSA) is 85.1 Å². The van der Waals surface area contributed by atoms with E-state index in [4.69, 9.17) is 4.74 Å². The first kappa shape index (κ1) is 15.0. The molecule has 1 fully saturated rings. The van der Waals surface area contributed by atoms with E-state index in [0.717, 1.165) is 16.7 Å². The lowest BCUT2D eigenvalue weighted by Crippen LogP contribution is -2.42. The molecular formula is C17H19N5O2. The summed E-state index contributed by atoms with van der Waals surface area (Å²) >= 11 is 0. The van der Waals surface area contributed by atoms with E-state index < -0.39 is 5.60 Å². The Morgan fingerprint density at radius 2 is 1.96 bits per heavy atom. The average molecular weight is 325 g/mol. The van der Waals surface area contributed by atoms with Gasteiger partial charge in [0.15, 0.2) is 5.65 Å². The molecular weight excluding hydrogens is 306 g/mol. The molecule has 0 amide bonds. The highest BCUT2D eigenvalue weighted by Gasteiger charge is 2.29. The van der Waals surface area contributed by atoms with E-state index in [2.05, 4.69) is 20.4 Å². The van der Waals surface area contributed by atoms with Gasteiger partial charge in [0.25, 0.3) is 0 Å². The maximum Gasteiger partial charge on any atom is 0.168 e. The van der Waals surface area contributed by atoms with E-state index in [1.165, 1.54) is 6.33 Å². The van der Waals surface area contributed by atoms with Gasteiger partial charge in [0, 0.05) is 32.6 Å². The zero-order chi connectivity index (χ0) is 16.4. The van der Waals surface area contributed by atoms with Gasteiger partial charge in [-0.15, -0.1) is 0 Å². The molecule has 0 radical (unpaired) electrons. The second-order valence-electron chi connectivity index (χ2n) is 6.04. The maximum atomic E-state index is 10.6. The number of hydrogen-bond acceptors (Lipinski definition) is 6. The van der Waals surface area contributed by atoms with Crippen molar-refractivity contribution < 1.29 is 9.84 Å². The first-order valence-electron chi connectivity index (χ1n) is 8.03. The highest BCUT2D eigenvalue weighted by molar-refractivity contribution is 5.87. The van der Waals surface area contributed by atoms with Crippen LogP contribution in [0.2, 0.25) is 0 Å². The van der Waals surface area contributed by atoms with E-state index in [9.17, 15) is 5.11 Å². The highest BCUT2D eigenvalue weighted by Crippen LogP contribution is 2.24. The molecule has 2 N–H and O–H groups in total. The van der Waals surface area contributed by atoms with Crippen LogP contribution in [0.5, 0.6) is 0 Å². The minimum atomic E-state index is -0.759. The Kier molecular flexibility index (Phi) is 3.87. The zero-order valence-corrected chi connectivity index (χ0v) is 13.2. The van der Waals surface area contributed by atoms with Crippen LogP contribution < -0.4 is 5.32 Å². The summed E-state index contributed by atoms with van der Waals surface area (Å²) in [6.45, 7) is 1.60. The molecule has 1 aliphatic rings. The third-order valence-corrected chi connectivity index (χ3v) is 4.37. The van der Waals surface area contributed by atoms with Gasteiger partial charge in [-0.25, -0.2) is 14.6 Å². The summed E-state index contributed by atoms with van der Waals surface area (Å²) in [6, 6.07) is 9.85. The van der Waals surface area contributed by atoms with Gasteiger partial charge in [-0.1, -0.05) is 18.2 Å². The lowest BCUT2D eigenvalue weighted by atomic mass is 9.94. The largest absolute Gasteiger partial charge is 0.388 e. The van der Waals surface area contributed by atoms with Crippen molar-refractivity contribution in [3.8, 4) is 5.69 Å². The molecule has 4 rings (SSSR count). The fourth-order valence-electron chi connectivity index (χ4n) is 2.92. The Morgan fingerprint density at radius 1 is 1.17 bits per heavy atom. The van der Waals surface area contributed by atoms with Crippen molar-refractivity contribution in [1.29, 1.82) is 0 Å². The number of ether oxygens (including phenoxy) is 1. The summed E-state index contributed by atoms with van der Waals surface area (Å²) in [6.07, 6.45) is 4.51. The van der Waals surface area contributed by atoms with Gasteiger partial charge >= 0.3 is 0 Å². The van der Waals surface area contributed by atoms with Crippen molar-refractivity contribution in [2.24, 2.45) is 0 Å². The lowest BCUT2D eigenvalue weighted by Gasteiger charge is -2.32. The van der Waals surface area contributed by atoms with Gasteiger partial charge < -0.3 is 15.2 Å². The molecule has 1 aliphatic heterocycles. The predicted octanol–water partition coefficient (Wildman–Crippen LogP) is 1.77. The third-order valence-electron chi connectivity index (χ3n) is 4.37. The van der Waals surface area contributed by atoms with Gasteiger partial charge in [-0.05, 0) is 12.1 Å². The number of anilines is 1. The van der Waals surface area contributed by atoms with Crippen molar-refractivity contribution in [2.75, 3.05) is 25.1 Å². The number of fused-ring (bicyclic) bond motifs is 1. The van der Waals surface area contributed by atoms with Crippen LogP contribution in [0.3, 0.4) is 0 Å². The number of nitrogens with zero attached hydrogens (tertiary/aromatic N) is 4. The van der Waals surface area contributed by atoms with E-state index in [-0.39, 0.29) is 0 Å². The van der Waals surface area contributed by atoms with Crippen LogP contribution in [0.25, 0.3) is 16.7 Å². The fraction of sp³-hybridized carbons (Fsp3) is 0.353. The van der Waals surface area contributed by atoms with E-state index in [1.807, 2.05) is 30.3 Å². The summed E-state index contributed by atoms with van der Waals surface area (Å²) in [7, 11) is 0. The van der Waals surface area contributed by atoms with Crippen LogP contribution in [0.1, 0.15) is 12.8 Å². The molecule has 7 heteroatoms. The number of aliphatic hydroxyl groups is 1. The average Bonchev–Trinajstić information content (AvgIpc) is 3.06. The van der Waals surface area contributed by atoms with Gasteiger partial charge in [0.05, 0.1) is 22.9 Å². The number of benzene rings is 1. The number of hydrogen-bond donors (Lipinski definition) is 2. The molecule has 1 saturated heterocycles. The van der Waals surface area contributed by atoms with Gasteiger partial charge in [0.2, 0.25) is 0 Å². The van der Waals surface area contributed by atoms with Crippen molar-refractivity contribution in [2.45, 2.75) is 18.4 Å². The summed E-state index contributed by atoms with van der Waals surface area (Å²) in [4.78, 5) is 8.67. The molecule has 3 aromatic rings. The van der Waals surface area contributed by atoms with Crippen LogP contribution in [0.15, 0.2) is 42.9 Å². The van der Waals surface area contributed by atoms with Crippen LogP contribution >= 0.6 is 0 Å². The maximum absolute atomic E-state index is 10.6. The van der Waals surface area contributed by atoms with Gasteiger partial charge in [-0.2, -0.15) is 5.10 Å². The van der Waals surface area contributed by atoms with E-state index >= 15 is 0 Å². The van der Waals surface area contributed by atoms with E-state index in [0.29, 0.717) is 38.4 Å². The van der Waals surface area contributed by atoms with Gasteiger partial charge in [-0.3, -0.25) is 0 Å². The first-order chi connectivity index (χ1) is 11.8. The molecule has 0 bridgehead atoms. The smallest absolute Gasteiger partial charge is 0.168 e. The third kappa shape index (κ3) is 2.83. The summed E-state index contributed by atoms with van der Waals surface area (Å²) in [5.74, 6) is 0.682. The minimum absolute atomic E-state index is 0.430. The Labute approximate surface area is 139 Å². The molecule has 24 heavy (non-hydrogen) atoms. The molecule has 7 nitrogen and oxygen atoms in total. The van der Waals surface area contributed by atoms with Crippen LogP contribution in [0, 0.1) is 0 Å². The Morgan fingerprint density at radius 3 is 2.75 bits per heavy atom. The quantitative estimate of drug-likeness (QED) is 0.760. The molecule has 0 spiro atoms. The van der Waals surface area contributed by atoms with Crippen LogP contribution in [-0.2, 0) is 4.74 Å². The summed E-state index contributed by atoms with van der Waals surface area (Å²) < 4.78 is 7.10. The first-order valence-corrected chi connectivity index (χ1v) is 8.03. The fourth-order valence-corrected chi connectivity index (χ4v) is 2.92. The molecule has 2 aromatic heterocycles. The monoisotopic (exact) mass is 325 g/mol. The predicted molar refractivity (Wildman–Crippen MR) is 90.2 cm³/mol. The molecule has 0 unspecified atom stereocenters. The Balaban J connectivity index is 1.62. The van der Waals surface area contributed by atoms with Crippen molar-refractivity contribution in [3.05, 3.63) is 42.9 Å². The van der Waals surface area contributed by atoms with Crippen molar-refractivity contribution in [3.63, 3.8) is 0 Å². The minimum Gasteiger partial charge on any atom is -0.388 e. The summed E-state index contributed by atoms with van der Waals surface area (Å²) in [5.41, 5.74) is 0.920. The number of para-hydroxylation sites is 1. The Hall–Kier alpha value is -2.51. The SMILES string of the molecule is OC1(CNc2ncnc3c2cnn3-c2ccccc2)CCOCC1. The number of nitrogens with one attached hydrogen (secondary N) is 1. The van der Waals surface area contributed by atoms with Crippen molar-refractivity contribution in [1.82, 2.24) is 19.7 Å². The van der Waals surface area contributed by atoms with E-state index in [1.54, 1.807) is 10.9 Å². The lowest BCUT2D eigenvalue weighted by molar-refractivity contribution is -0.0543. The standard InChI is InChI=1S/C17H19N5O2/c23-17(6-8-24-9-7-17)11-18-15-14-10-21-22(16(14)20-12-19-15)13-4-2-1-3-5-13/h1-5,10,12,23H,6-9,11H2,(H,18,19,20). The normalized spacial score (nSPS) is 17.0. The molecule has 0 atom stereocenters. The molecule has 3 heterocycles. The highest BCUT2D eigenvalue weighted by atomic mass is 16.5. The van der Waals surface area contributed by atoms with Crippen molar-refractivity contribution >= 4 is 16.9 Å². The Bertz CT molecular complexity index is 827. The van der Waals surface area contributed by atoms with Gasteiger partial charge in [0.1, 0.15) is 12.1 Å². The summed E-state index contributed by atoms with van der Waals surface area (Å²) in [5, 5.41) is 19.1.